The highest BCUT2D eigenvalue weighted by atomic mass is 16.3. The highest BCUT2D eigenvalue weighted by Gasteiger charge is 2.31. The standard InChI is InChI=1S/C11H21NO2/c1-9(2)3-6-11(14)12(7-8-13)10-4-5-10/h9-10,13H,3-8H2,1-2H3. The second-order valence-corrected chi connectivity index (χ2v) is 4.47. The summed E-state index contributed by atoms with van der Waals surface area (Å²) in [6.45, 7) is 4.85. The molecule has 0 unspecified atom stereocenters. The van der Waals surface area contributed by atoms with E-state index in [1.165, 1.54) is 0 Å². The molecule has 0 spiro atoms. The minimum Gasteiger partial charge on any atom is -0.395 e. The van der Waals surface area contributed by atoms with Crippen LogP contribution in [0.2, 0.25) is 0 Å². The molecule has 0 atom stereocenters. The SMILES string of the molecule is CC(C)CCC(=O)N(CCO)C1CC1. The number of rotatable bonds is 6. The lowest BCUT2D eigenvalue weighted by Gasteiger charge is -2.21. The molecule has 0 aliphatic heterocycles. The lowest BCUT2D eigenvalue weighted by Crippen LogP contribution is -2.35. The summed E-state index contributed by atoms with van der Waals surface area (Å²) in [4.78, 5) is 13.6. The molecule has 1 N–H and O–H groups in total. The van der Waals surface area contributed by atoms with Gasteiger partial charge in [0, 0.05) is 19.0 Å². The van der Waals surface area contributed by atoms with Gasteiger partial charge in [-0.25, -0.2) is 0 Å². The van der Waals surface area contributed by atoms with Crippen molar-refractivity contribution in [3.8, 4) is 0 Å². The molecule has 0 radical (unpaired) electrons. The predicted octanol–water partition coefficient (Wildman–Crippen LogP) is 1.41. The monoisotopic (exact) mass is 199 g/mol. The van der Waals surface area contributed by atoms with Gasteiger partial charge in [-0.3, -0.25) is 4.79 Å². The van der Waals surface area contributed by atoms with E-state index in [1.807, 2.05) is 4.90 Å². The van der Waals surface area contributed by atoms with Gasteiger partial charge in [0.25, 0.3) is 0 Å². The molecule has 1 fully saturated rings. The van der Waals surface area contributed by atoms with Gasteiger partial charge in [0.2, 0.25) is 5.91 Å². The molecule has 0 saturated heterocycles. The van der Waals surface area contributed by atoms with Gasteiger partial charge in [0.15, 0.2) is 0 Å². The number of aliphatic hydroxyl groups is 1. The summed E-state index contributed by atoms with van der Waals surface area (Å²) >= 11 is 0. The van der Waals surface area contributed by atoms with Crippen LogP contribution >= 0.6 is 0 Å². The molecule has 1 aliphatic carbocycles. The van der Waals surface area contributed by atoms with Crippen molar-refractivity contribution in [2.75, 3.05) is 13.2 Å². The zero-order chi connectivity index (χ0) is 10.6. The summed E-state index contributed by atoms with van der Waals surface area (Å²) in [5, 5.41) is 8.85. The van der Waals surface area contributed by atoms with E-state index >= 15 is 0 Å². The van der Waals surface area contributed by atoms with E-state index in [0.717, 1.165) is 19.3 Å². The Hall–Kier alpha value is -0.570. The van der Waals surface area contributed by atoms with Crippen molar-refractivity contribution in [3.05, 3.63) is 0 Å². The minimum atomic E-state index is 0.0872. The van der Waals surface area contributed by atoms with Gasteiger partial charge in [-0.05, 0) is 25.2 Å². The molecular weight excluding hydrogens is 178 g/mol. The lowest BCUT2D eigenvalue weighted by molar-refractivity contribution is -0.132. The van der Waals surface area contributed by atoms with E-state index in [0.29, 0.717) is 24.9 Å². The number of hydrogen-bond donors (Lipinski definition) is 1. The topological polar surface area (TPSA) is 40.5 Å². The largest absolute Gasteiger partial charge is 0.395 e. The molecule has 1 rings (SSSR count). The number of aliphatic hydroxyl groups excluding tert-OH is 1. The van der Waals surface area contributed by atoms with Crippen molar-refractivity contribution < 1.29 is 9.90 Å². The van der Waals surface area contributed by atoms with Gasteiger partial charge in [-0.2, -0.15) is 0 Å². The van der Waals surface area contributed by atoms with Crippen LogP contribution in [0.5, 0.6) is 0 Å². The number of hydrogen-bond acceptors (Lipinski definition) is 2. The molecule has 3 heteroatoms. The number of amides is 1. The Morgan fingerprint density at radius 3 is 2.57 bits per heavy atom. The third-order valence-corrected chi connectivity index (χ3v) is 2.58. The lowest BCUT2D eigenvalue weighted by atomic mass is 10.1. The Morgan fingerprint density at radius 2 is 2.14 bits per heavy atom. The maximum atomic E-state index is 11.7. The quantitative estimate of drug-likeness (QED) is 0.702. The Labute approximate surface area is 86.1 Å². The predicted molar refractivity (Wildman–Crippen MR) is 55.9 cm³/mol. The summed E-state index contributed by atoms with van der Waals surface area (Å²) < 4.78 is 0. The molecule has 0 aromatic rings. The third-order valence-electron chi connectivity index (χ3n) is 2.58. The van der Waals surface area contributed by atoms with Gasteiger partial charge in [-0.1, -0.05) is 13.8 Å². The van der Waals surface area contributed by atoms with Gasteiger partial charge in [0.05, 0.1) is 6.61 Å². The molecule has 0 bridgehead atoms. The van der Waals surface area contributed by atoms with Crippen molar-refractivity contribution in [2.24, 2.45) is 5.92 Å². The van der Waals surface area contributed by atoms with Crippen LogP contribution in [0.4, 0.5) is 0 Å². The smallest absolute Gasteiger partial charge is 0.222 e. The molecule has 1 aliphatic rings. The first-order chi connectivity index (χ1) is 6.65. The molecule has 1 amide bonds. The van der Waals surface area contributed by atoms with Crippen molar-refractivity contribution >= 4 is 5.91 Å². The van der Waals surface area contributed by atoms with E-state index in [2.05, 4.69) is 13.8 Å². The van der Waals surface area contributed by atoms with Crippen LogP contribution in [0.1, 0.15) is 39.5 Å². The fourth-order valence-corrected chi connectivity index (χ4v) is 1.56. The van der Waals surface area contributed by atoms with Gasteiger partial charge >= 0.3 is 0 Å². The Morgan fingerprint density at radius 1 is 1.50 bits per heavy atom. The molecular formula is C11H21NO2. The van der Waals surface area contributed by atoms with Crippen LogP contribution in [0, 0.1) is 5.92 Å². The summed E-state index contributed by atoms with van der Waals surface area (Å²) in [6, 6.07) is 0.432. The molecule has 14 heavy (non-hydrogen) atoms. The first-order valence-electron chi connectivity index (χ1n) is 5.55. The molecule has 82 valence electrons. The average molecular weight is 199 g/mol. The first-order valence-corrected chi connectivity index (χ1v) is 5.55. The maximum absolute atomic E-state index is 11.7. The van der Waals surface area contributed by atoms with Crippen LogP contribution in [-0.2, 0) is 4.79 Å². The Kier molecular flexibility index (Phi) is 4.39. The van der Waals surface area contributed by atoms with Gasteiger partial charge < -0.3 is 10.0 Å². The second-order valence-electron chi connectivity index (χ2n) is 4.47. The van der Waals surface area contributed by atoms with Crippen molar-refractivity contribution in [2.45, 2.75) is 45.6 Å². The van der Waals surface area contributed by atoms with Gasteiger partial charge in [-0.15, -0.1) is 0 Å². The number of carbonyl (C=O) groups excluding carboxylic acids is 1. The van der Waals surface area contributed by atoms with E-state index < -0.39 is 0 Å². The third kappa shape index (κ3) is 3.66. The Balaban J connectivity index is 2.30. The fourth-order valence-electron chi connectivity index (χ4n) is 1.56. The van der Waals surface area contributed by atoms with Crippen molar-refractivity contribution in [3.63, 3.8) is 0 Å². The number of nitrogens with zero attached hydrogens (tertiary/aromatic N) is 1. The second kappa shape index (κ2) is 5.35. The molecule has 0 heterocycles. The Bertz CT molecular complexity index is 188. The molecule has 1 saturated carbocycles. The zero-order valence-electron chi connectivity index (χ0n) is 9.20. The summed E-state index contributed by atoms with van der Waals surface area (Å²) in [7, 11) is 0. The molecule has 3 nitrogen and oxygen atoms in total. The van der Waals surface area contributed by atoms with Crippen LogP contribution in [0.25, 0.3) is 0 Å². The maximum Gasteiger partial charge on any atom is 0.222 e. The van der Waals surface area contributed by atoms with E-state index in [-0.39, 0.29) is 12.5 Å². The highest BCUT2D eigenvalue weighted by molar-refractivity contribution is 5.76. The van der Waals surface area contributed by atoms with Crippen LogP contribution in [-0.4, -0.2) is 35.1 Å². The fraction of sp³-hybridized carbons (Fsp3) is 0.909. The summed E-state index contributed by atoms with van der Waals surface area (Å²) in [5.41, 5.74) is 0. The van der Waals surface area contributed by atoms with Crippen LogP contribution in [0.3, 0.4) is 0 Å². The average Bonchev–Trinajstić information content (AvgIpc) is 2.93. The van der Waals surface area contributed by atoms with Crippen LogP contribution < -0.4 is 0 Å². The summed E-state index contributed by atoms with van der Waals surface area (Å²) in [5.74, 6) is 0.796. The normalized spacial score (nSPS) is 16.0. The highest BCUT2D eigenvalue weighted by Crippen LogP contribution is 2.27. The first kappa shape index (κ1) is 11.5. The van der Waals surface area contributed by atoms with Gasteiger partial charge in [0.1, 0.15) is 0 Å². The van der Waals surface area contributed by atoms with Crippen LogP contribution in [0.15, 0.2) is 0 Å². The molecule has 0 aromatic carbocycles. The minimum absolute atomic E-state index is 0.0872. The van der Waals surface area contributed by atoms with Crippen molar-refractivity contribution in [1.29, 1.82) is 0 Å². The van der Waals surface area contributed by atoms with E-state index in [9.17, 15) is 4.79 Å². The number of carbonyl (C=O) groups is 1. The summed E-state index contributed by atoms with van der Waals surface area (Å²) in [6.07, 6.45) is 3.82. The van der Waals surface area contributed by atoms with E-state index in [1.54, 1.807) is 0 Å². The zero-order valence-corrected chi connectivity index (χ0v) is 9.20. The van der Waals surface area contributed by atoms with E-state index in [4.69, 9.17) is 5.11 Å². The van der Waals surface area contributed by atoms with Crippen molar-refractivity contribution in [1.82, 2.24) is 4.90 Å². The molecule has 0 aromatic heterocycles.